The predicted molar refractivity (Wildman–Crippen MR) is 98.9 cm³/mol. The number of hydrogen-bond donors (Lipinski definition) is 3. The van der Waals surface area contributed by atoms with Crippen LogP contribution in [0.4, 0.5) is 11.4 Å². The van der Waals surface area contributed by atoms with Crippen molar-refractivity contribution in [3.63, 3.8) is 0 Å². The molecule has 24 heavy (non-hydrogen) atoms. The molecule has 0 saturated carbocycles. The van der Waals surface area contributed by atoms with Crippen LogP contribution in [0, 0.1) is 5.41 Å². The maximum absolute atomic E-state index is 8.06. The largest absolute Gasteiger partial charge is 0.477 e. The number of nitrogens with one attached hydrogen (secondary N) is 2. The molecular formula is C18H25N5O. The second-order valence-electron chi connectivity index (χ2n) is 5.69. The SMILES string of the molecule is CCOc1ncccc1-c1cc(N)c(NC(C)CC)c(C(C)=N)n1. The highest BCUT2D eigenvalue weighted by atomic mass is 16.5. The van der Waals surface area contributed by atoms with Crippen LogP contribution < -0.4 is 15.8 Å². The molecule has 1 unspecified atom stereocenters. The Hall–Kier alpha value is -2.63. The quantitative estimate of drug-likeness (QED) is 0.673. The lowest BCUT2D eigenvalue weighted by molar-refractivity contribution is 0.328. The molecule has 0 fully saturated rings. The highest BCUT2D eigenvalue weighted by molar-refractivity contribution is 6.02. The predicted octanol–water partition coefficient (Wildman–Crippen LogP) is 3.72. The van der Waals surface area contributed by atoms with Gasteiger partial charge in [0.05, 0.1) is 35.0 Å². The lowest BCUT2D eigenvalue weighted by atomic mass is 10.1. The Morgan fingerprint density at radius 2 is 2.17 bits per heavy atom. The summed E-state index contributed by atoms with van der Waals surface area (Å²) >= 11 is 0. The summed E-state index contributed by atoms with van der Waals surface area (Å²) in [5, 5.41) is 11.4. The lowest BCUT2D eigenvalue weighted by Gasteiger charge is -2.19. The van der Waals surface area contributed by atoms with Crippen LogP contribution in [-0.4, -0.2) is 28.3 Å². The minimum atomic E-state index is 0.246. The molecule has 6 nitrogen and oxygen atoms in total. The normalized spacial score (nSPS) is 11.8. The summed E-state index contributed by atoms with van der Waals surface area (Å²) in [7, 11) is 0. The topological polar surface area (TPSA) is 96.9 Å². The first-order valence-electron chi connectivity index (χ1n) is 8.18. The van der Waals surface area contributed by atoms with Crippen LogP contribution in [0.3, 0.4) is 0 Å². The fourth-order valence-electron chi connectivity index (χ4n) is 2.31. The van der Waals surface area contributed by atoms with Gasteiger partial charge in [-0.25, -0.2) is 9.97 Å². The van der Waals surface area contributed by atoms with E-state index in [0.29, 0.717) is 41.0 Å². The van der Waals surface area contributed by atoms with Crippen LogP contribution in [-0.2, 0) is 0 Å². The zero-order chi connectivity index (χ0) is 17.7. The lowest BCUT2D eigenvalue weighted by Crippen LogP contribution is -2.18. The van der Waals surface area contributed by atoms with Crippen LogP contribution in [0.2, 0.25) is 0 Å². The average Bonchev–Trinajstić information content (AvgIpc) is 2.56. The summed E-state index contributed by atoms with van der Waals surface area (Å²) in [5.41, 5.74) is 9.87. The van der Waals surface area contributed by atoms with Crippen molar-refractivity contribution in [3.05, 3.63) is 30.1 Å². The highest BCUT2D eigenvalue weighted by Crippen LogP contribution is 2.32. The molecule has 0 aliphatic rings. The van der Waals surface area contributed by atoms with Gasteiger partial charge in [-0.15, -0.1) is 0 Å². The van der Waals surface area contributed by atoms with Gasteiger partial charge in [0.2, 0.25) is 5.88 Å². The fourth-order valence-corrected chi connectivity index (χ4v) is 2.31. The van der Waals surface area contributed by atoms with Gasteiger partial charge in [-0.05, 0) is 45.4 Å². The van der Waals surface area contributed by atoms with E-state index in [-0.39, 0.29) is 6.04 Å². The van der Waals surface area contributed by atoms with Gasteiger partial charge in [0.1, 0.15) is 5.69 Å². The molecule has 0 aliphatic carbocycles. The third-order valence-electron chi connectivity index (χ3n) is 3.74. The first-order chi connectivity index (χ1) is 11.5. The summed E-state index contributed by atoms with van der Waals surface area (Å²) in [5.74, 6) is 0.517. The molecular weight excluding hydrogens is 302 g/mol. The van der Waals surface area contributed by atoms with Gasteiger partial charge in [0, 0.05) is 12.2 Å². The molecule has 0 aliphatic heterocycles. The first kappa shape index (κ1) is 17.7. The Kier molecular flexibility index (Phi) is 5.73. The van der Waals surface area contributed by atoms with Crippen molar-refractivity contribution in [2.45, 2.75) is 40.2 Å². The zero-order valence-corrected chi connectivity index (χ0v) is 14.7. The second-order valence-corrected chi connectivity index (χ2v) is 5.69. The summed E-state index contributed by atoms with van der Waals surface area (Å²) in [4.78, 5) is 8.91. The Bertz CT molecular complexity index is 729. The molecule has 128 valence electrons. The molecule has 6 heteroatoms. The number of ether oxygens (including phenoxy) is 1. The molecule has 0 radical (unpaired) electrons. The van der Waals surface area contributed by atoms with E-state index in [0.717, 1.165) is 12.0 Å². The van der Waals surface area contributed by atoms with E-state index in [2.05, 4.69) is 29.1 Å². The molecule has 2 rings (SSSR count). The molecule has 0 bridgehead atoms. The minimum absolute atomic E-state index is 0.246. The smallest absolute Gasteiger partial charge is 0.222 e. The Morgan fingerprint density at radius 3 is 2.79 bits per heavy atom. The third kappa shape index (κ3) is 3.82. The minimum Gasteiger partial charge on any atom is -0.477 e. The fraction of sp³-hybridized carbons (Fsp3) is 0.389. The summed E-state index contributed by atoms with van der Waals surface area (Å²) in [6, 6.07) is 5.77. The van der Waals surface area contributed by atoms with Gasteiger partial charge in [-0.1, -0.05) is 6.92 Å². The number of rotatable bonds is 7. The Balaban J connectivity index is 2.56. The summed E-state index contributed by atoms with van der Waals surface area (Å²) in [6.07, 6.45) is 2.63. The maximum Gasteiger partial charge on any atom is 0.222 e. The first-order valence-corrected chi connectivity index (χ1v) is 8.18. The van der Waals surface area contributed by atoms with Crippen molar-refractivity contribution in [1.82, 2.24) is 9.97 Å². The van der Waals surface area contributed by atoms with Crippen LogP contribution in [0.25, 0.3) is 11.3 Å². The molecule has 2 aromatic heterocycles. The van der Waals surface area contributed by atoms with Crippen molar-refractivity contribution in [3.8, 4) is 17.1 Å². The summed E-state index contributed by atoms with van der Waals surface area (Å²) < 4.78 is 5.58. The third-order valence-corrected chi connectivity index (χ3v) is 3.74. The highest BCUT2D eigenvalue weighted by Gasteiger charge is 2.17. The van der Waals surface area contributed by atoms with Gasteiger partial charge in [0.15, 0.2) is 0 Å². The van der Waals surface area contributed by atoms with Crippen LogP contribution >= 0.6 is 0 Å². The molecule has 0 aromatic carbocycles. The molecule has 2 heterocycles. The zero-order valence-electron chi connectivity index (χ0n) is 14.7. The molecule has 4 N–H and O–H groups in total. The van der Waals surface area contributed by atoms with E-state index in [9.17, 15) is 0 Å². The molecule has 0 amide bonds. The molecule has 2 aromatic rings. The van der Waals surface area contributed by atoms with Gasteiger partial charge in [0.25, 0.3) is 0 Å². The van der Waals surface area contributed by atoms with E-state index in [4.69, 9.17) is 15.9 Å². The molecule has 0 saturated heterocycles. The van der Waals surface area contributed by atoms with E-state index in [1.807, 2.05) is 19.1 Å². The number of aromatic nitrogens is 2. The van der Waals surface area contributed by atoms with E-state index >= 15 is 0 Å². The summed E-state index contributed by atoms with van der Waals surface area (Å²) in [6.45, 7) is 8.30. The van der Waals surface area contributed by atoms with Crippen molar-refractivity contribution in [1.29, 1.82) is 5.41 Å². The molecule has 0 spiro atoms. The number of pyridine rings is 2. The van der Waals surface area contributed by atoms with Crippen molar-refractivity contribution >= 4 is 17.1 Å². The van der Waals surface area contributed by atoms with Crippen molar-refractivity contribution in [2.24, 2.45) is 0 Å². The maximum atomic E-state index is 8.06. The van der Waals surface area contributed by atoms with Crippen LogP contribution in [0.5, 0.6) is 5.88 Å². The van der Waals surface area contributed by atoms with Gasteiger partial charge >= 0.3 is 0 Å². The molecule has 1 atom stereocenters. The average molecular weight is 327 g/mol. The number of hydrogen-bond acceptors (Lipinski definition) is 6. The van der Waals surface area contributed by atoms with E-state index in [1.54, 1.807) is 19.2 Å². The van der Waals surface area contributed by atoms with E-state index in [1.165, 1.54) is 0 Å². The number of nitrogen functional groups attached to an aromatic ring is 1. The van der Waals surface area contributed by atoms with Crippen molar-refractivity contribution in [2.75, 3.05) is 17.7 Å². The number of nitrogens with zero attached hydrogens (tertiary/aromatic N) is 2. The Morgan fingerprint density at radius 1 is 1.42 bits per heavy atom. The van der Waals surface area contributed by atoms with Crippen molar-refractivity contribution < 1.29 is 4.74 Å². The standard InChI is InChI=1S/C18H25N5O/c1-5-11(3)22-17-14(20)10-15(23-16(17)12(4)19)13-8-7-9-21-18(13)24-6-2/h7-11,19,22H,5-6H2,1-4H3,(H2,20,23). The van der Waals surface area contributed by atoms with Crippen LogP contribution in [0.1, 0.15) is 39.8 Å². The van der Waals surface area contributed by atoms with Crippen LogP contribution in [0.15, 0.2) is 24.4 Å². The Labute approximate surface area is 143 Å². The van der Waals surface area contributed by atoms with Gasteiger partial charge in [-0.2, -0.15) is 0 Å². The number of anilines is 2. The monoisotopic (exact) mass is 327 g/mol. The van der Waals surface area contributed by atoms with Gasteiger partial charge in [-0.3, -0.25) is 0 Å². The van der Waals surface area contributed by atoms with Gasteiger partial charge < -0.3 is 21.2 Å². The van der Waals surface area contributed by atoms with E-state index < -0.39 is 0 Å². The second kappa shape index (κ2) is 7.77. The number of nitrogens with two attached hydrogens (primary N) is 1.